The number of nitrogens with zero attached hydrogens (tertiary/aromatic N) is 1. The van der Waals surface area contributed by atoms with Crippen LogP contribution >= 0.6 is 0 Å². The topological polar surface area (TPSA) is 66.5 Å². The third kappa shape index (κ3) is 4.78. The van der Waals surface area contributed by atoms with Gasteiger partial charge in [-0.25, -0.2) is 4.39 Å². The summed E-state index contributed by atoms with van der Waals surface area (Å²) in [5.74, 6) is -1.05. The lowest BCUT2D eigenvalue weighted by Crippen LogP contribution is -2.38. The van der Waals surface area contributed by atoms with Crippen molar-refractivity contribution in [3.63, 3.8) is 0 Å². The van der Waals surface area contributed by atoms with E-state index in [-0.39, 0.29) is 35.6 Å². The number of amides is 2. The lowest BCUT2D eigenvalue weighted by atomic mass is 9.99. The summed E-state index contributed by atoms with van der Waals surface area (Å²) in [6.45, 7) is 3.20. The highest BCUT2D eigenvalue weighted by Crippen LogP contribution is 2.26. The van der Waals surface area contributed by atoms with Gasteiger partial charge in [0.15, 0.2) is 5.78 Å². The molecule has 2 aromatic rings. The first-order valence-electron chi connectivity index (χ1n) is 8.63. The first kappa shape index (κ1) is 20.3. The molecule has 1 N–H and O–H groups in total. The van der Waals surface area contributed by atoms with Crippen molar-refractivity contribution in [3.8, 4) is 11.1 Å². The Morgan fingerprint density at radius 2 is 1.81 bits per heavy atom. The molecule has 0 aliphatic carbocycles. The van der Waals surface area contributed by atoms with E-state index in [1.165, 1.54) is 30.0 Å². The van der Waals surface area contributed by atoms with Gasteiger partial charge in [0.1, 0.15) is 5.82 Å². The number of rotatable bonds is 6. The second-order valence-corrected chi connectivity index (χ2v) is 6.47. The standard InChI is InChI=1S/C21H23FN2O3/c1-13(10-20(26)23-3)24(4)21(27)17-7-5-6-16(11-17)18-12-15(14(2)25)8-9-19(18)22/h5-9,11-13H,10H2,1-4H3,(H,23,26). The van der Waals surface area contributed by atoms with Gasteiger partial charge < -0.3 is 10.2 Å². The molecule has 0 aliphatic heterocycles. The average molecular weight is 370 g/mol. The quantitative estimate of drug-likeness (QED) is 0.794. The van der Waals surface area contributed by atoms with Gasteiger partial charge in [-0.1, -0.05) is 12.1 Å². The highest BCUT2D eigenvalue weighted by atomic mass is 19.1. The third-order valence-electron chi connectivity index (χ3n) is 4.53. The molecule has 0 aliphatic rings. The zero-order chi connectivity index (χ0) is 20.1. The monoisotopic (exact) mass is 370 g/mol. The molecule has 0 bridgehead atoms. The minimum Gasteiger partial charge on any atom is -0.359 e. The molecule has 0 saturated heterocycles. The summed E-state index contributed by atoms with van der Waals surface area (Å²) in [6, 6.07) is 10.5. The fraction of sp³-hybridized carbons (Fsp3) is 0.286. The molecule has 0 aromatic heterocycles. The Bertz CT molecular complexity index is 879. The molecule has 6 heteroatoms. The van der Waals surface area contributed by atoms with Gasteiger partial charge in [-0.3, -0.25) is 14.4 Å². The van der Waals surface area contributed by atoms with Crippen molar-refractivity contribution in [2.75, 3.05) is 14.1 Å². The van der Waals surface area contributed by atoms with Gasteiger partial charge in [-0.05, 0) is 49.7 Å². The summed E-state index contributed by atoms with van der Waals surface area (Å²) in [6.07, 6.45) is 0.188. The van der Waals surface area contributed by atoms with Crippen LogP contribution in [0.5, 0.6) is 0 Å². The van der Waals surface area contributed by atoms with Crippen molar-refractivity contribution >= 4 is 17.6 Å². The SMILES string of the molecule is CNC(=O)CC(C)N(C)C(=O)c1cccc(-c2cc(C(C)=O)ccc2F)c1. The lowest BCUT2D eigenvalue weighted by molar-refractivity contribution is -0.121. The number of hydrogen-bond donors (Lipinski definition) is 1. The third-order valence-corrected chi connectivity index (χ3v) is 4.53. The molecular formula is C21H23FN2O3. The second kappa shape index (κ2) is 8.58. The van der Waals surface area contributed by atoms with E-state index in [2.05, 4.69) is 5.32 Å². The summed E-state index contributed by atoms with van der Waals surface area (Å²) in [5.41, 5.74) is 1.55. The Labute approximate surface area is 158 Å². The average Bonchev–Trinajstić information content (AvgIpc) is 2.66. The van der Waals surface area contributed by atoms with Crippen LogP contribution in [-0.2, 0) is 4.79 Å². The molecule has 27 heavy (non-hydrogen) atoms. The number of carbonyl (C=O) groups excluding carboxylic acids is 3. The van der Waals surface area contributed by atoms with E-state index < -0.39 is 5.82 Å². The van der Waals surface area contributed by atoms with E-state index in [1.54, 1.807) is 45.3 Å². The summed E-state index contributed by atoms with van der Waals surface area (Å²) >= 11 is 0. The normalized spacial score (nSPS) is 11.6. The molecule has 0 spiro atoms. The van der Waals surface area contributed by atoms with Crippen molar-refractivity contribution in [1.82, 2.24) is 10.2 Å². The molecule has 142 valence electrons. The number of ketones is 1. The molecule has 2 rings (SSSR count). The largest absolute Gasteiger partial charge is 0.359 e. The van der Waals surface area contributed by atoms with Crippen LogP contribution in [0.4, 0.5) is 4.39 Å². The fourth-order valence-corrected chi connectivity index (χ4v) is 2.70. The van der Waals surface area contributed by atoms with Crippen LogP contribution in [0.3, 0.4) is 0 Å². The Morgan fingerprint density at radius 1 is 1.11 bits per heavy atom. The maximum Gasteiger partial charge on any atom is 0.253 e. The smallest absolute Gasteiger partial charge is 0.253 e. The molecule has 2 aromatic carbocycles. The van der Waals surface area contributed by atoms with Crippen molar-refractivity contribution in [1.29, 1.82) is 0 Å². The van der Waals surface area contributed by atoms with Crippen LogP contribution in [0.2, 0.25) is 0 Å². The van der Waals surface area contributed by atoms with Crippen LogP contribution < -0.4 is 5.32 Å². The highest BCUT2D eigenvalue weighted by molar-refractivity contribution is 5.97. The number of Topliss-reactive ketones (excluding diaryl/α,β-unsaturated/α-hetero) is 1. The number of nitrogens with one attached hydrogen (secondary N) is 1. The highest BCUT2D eigenvalue weighted by Gasteiger charge is 2.20. The molecule has 0 fully saturated rings. The summed E-state index contributed by atoms with van der Waals surface area (Å²) < 4.78 is 14.3. The zero-order valence-corrected chi connectivity index (χ0v) is 15.9. The van der Waals surface area contributed by atoms with E-state index in [9.17, 15) is 18.8 Å². The van der Waals surface area contributed by atoms with Crippen molar-refractivity contribution < 1.29 is 18.8 Å². The van der Waals surface area contributed by atoms with Gasteiger partial charge in [0.05, 0.1) is 0 Å². The van der Waals surface area contributed by atoms with Crippen molar-refractivity contribution in [2.45, 2.75) is 26.3 Å². The molecule has 0 saturated carbocycles. The first-order valence-corrected chi connectivity index (χ1v) is 8.63. The summed E-state index contributed by atoms with van der Waals surface area (Å²) in [7, 11) is 3.17. The predicted molar refractivity (Wildman–Crippen MR) is 102 cm³/mol. The number of benzene rings is 2. The van der Waals surface area contributed by atoms with Gasteiger partial charge in [-0.2, -0.15) is 0 Å². The van der Waals surface area contributed by atoms with E-state index >= 15 is 0 Å². The Hall–Kier alpha value is -3.02. The van der Waals surface area contributed by atoms with Crippen LogP contribution in [0.25, 0.3) is 11.1 Å². The number of halogens is 1. The van der Waals surface area contributed by atoms with E-state index in [1.807, 2.05) is 0 Å². The van der Waals surface area contributed by atoms with Gasteiger partial charge in [0.25, 0.3) is 5.91 Å². The molecule has 2 amide bonds. The summed E-state index contributed by atoms with van der Waals surface area (Å²) in [4.78, 5) is 37.3. The molecule has 1 atom stereocenters. The van der Waals surface area contributed by atoms with E-state index in [0.717, 1.165) is 0 Å². The van der Waals surface area contributed by atoms with Gasteiger partial charge >= 0.3 is 0 Å². The number of hydrogen-bond acceptors (Lipinski definition) is 3. The van der Waals surface area contributed by atoms with Gasteiger partial charge in [-0.15, -0.1) is 0 Å². The van der Waals surface area contributed by atoms with E-state index in [4.69, 9.17) is 0 Å². The molecule has 5 nitrogen and oxygen atoms in total. The van der Waals surface area contributed by atoms with Gasteiger partial charge in [0, 0.05) is 43.2 Å². The summed E-state index contributed by atoms with van der Waals surface area (Å²) in [5, 5.41) is 2.53. The van der Waals surface area contributed by atoms with Crippen molar-refractivity contribution in [3.05, 3.63) is 59.4 Å². The molecule has 0 heterocycles. The second-order valence-electron chi connectivity index (χ2n) is 6.47. The van der Waals surface area contributed by atoms with E-state index in [0.29, 0.717) is 16.7 Å². The van der Waals surface area contributed by atoms with Crippen LogP contribution in [0.15, 0.2) is 42.5 Å². The van der Waals surface area contributed by atoms with Crippen LogP contribution in [-0.4, -0.2) is 42.6 Å². The lowest BCUT2D eigenvalue weighted by Gasteiger charge is -2.24. The van der Waals surface area contributed by atoms with Gasteiger partial charge in [0.2, 0.25) is 5.91 Å². The maximum atomic E-state index is 14.3. The Kier molecular flexibility index (Phi) is 6.45. The fourth-order valence-electron chi connectivity index (χ4n) is 2.70. The number of carbonyl (C=O) groups is 3. The molecule has 1 unspecified atom stereocenters. The Morgan fingerprint density at radius 3 is 2.44 bits per heavy atom. The van der Waals surface area contributed by atoms with Crippen LogP contribution in [0.1, 0.15) is 41.0 Å². The minimum atomic E-state index is -0.467. The zero-order valence-electron chi connectivity index (χ0n) is 15.9. The van der Waals surface area contributed by atoms with Crippen LogP contribution in [0, 0.1) is 5.82 Å². The maximum absolute atomic E-state index is 14.3. The van der Waals surface area contributed by atoms with Crippen molar-refractivity contribution in [2.24, 2.45) is 0 Å². The molecule has 0 radical (unpaired) electrons. The predicted octanol–water partition coefficient (Wildman–Crippen LogP) is 3.29. The first-order chi connectivity index (χ1) is 12.7. The molecular weight excluding hydrogens is 347 g/mol. The Balaban J connectivity index is 2.32. The minimum absolute atomic E-state index is 0.154.